The van der Waals surface area contributed by atoms with Gasteiger partial charge in [0.2, 0.25) is 10.0 Å². The number of hydrogen-bond donors (Lipinski definition) is 2. The van der Waals surface area contributed by atoms with E-state index in [-0.39, 0.29) is 4.90 Å². The third-order valence-corrected chi connectivity index (χ3v) is 4.26. The van der Waals surface area contributed by atoms with Crippen molar-refractivity contribution in [3.63, 3.8) is 0 Å². The van der Waals surface area contributed by atoms with Crippen LogP contribution in [0.5, 0.6) is 0 Å². The largest absolute Gasteiger partial charge is 0.398 e. The maximum absolute atomic E-state index is 11.3. The van der Waals surface area contributed by atoms with E-state index in [9.17, 15) is 8.42 Å². The number of anilines is 2. The van der Waals surface area contributed by atoms with Crippen LogP contribution in [0.15, 0.2) is 53.4 Å². The van der Waals surface area contributed by atoms with Gasteiger partial charge in [0.1, 0.15) is 0 Å². The van der Waals surface area contributed by atoms with Crippen molar-refractivity contribution in [2.45, 2.75) is 18.4 Å². The van der Waals surface area contributed by atoms with Crippen molar-refractivity contribution < 1.29 is 8.42 Å². The Morgan fingerprint density at radius 1 is 1.05 bits per heavy atom. The van der Waals surface area contributed by atoms with Gasteiger partial charge in [0.25, 0.3) is 0 Å². The summed E-state index contributed by atoms with van der Waals surface area (Å²) in [5, 5.41) is 5.10. The molecule has 0 saturated carbocycles. The minimum absolute atomic E-state index is 0.113. The van der Waals surface area contributed by atoms with Crippen LogP contribution in [0.25, 0.3) is 0 Å². The summed E-state index contributed by atoms with van der Waals surface area (Å²) in [6.07, 6.45) is 0. The molecule has 0 radical (unpaired) electrons. The Kier molecular flexibility index (Phi) is 4.50. The molecule has 0 aromatic heterocycles. The van der Waals surface area contributed by atoms with Crippen LogP contribution in [0.1, 0.15) is 12.5 Å². The number of hydrogen-bond acceptors (Lipinski definition) is 4. The molecular weight excluding hydrogens is 286 g/mol. The summed E-state index contributed by atoms with van der Waals surface area (Å²) < 4.78 is 22.5. The lowest BCUT2D eigenvalue weighted by Crippen LogP contribution is -2.22. The average molecular weight is 305 g/mol. The number of nitrogen functional groups attached to an aromatic ring is 1. The van der Waals surface area contributed by atoms with Gasteiger partial charge >= 0.3 is 0 Å². The van der Waals surface area contributed by atoms with E-state index in [0.29, 0.717) is 6.54 Å². The number of para-hydroxylation sites is 1. The van der Waals surface area contributed by atoms with Crippen LogP contribution in [0.2, 0.25) is 0 Å². The highest BCUT2D eigenvalue weighted by molar-refractivity contribution is 7.89. The average Bonchev–Trinajstić information content (AvgIpc) is 2.46. The molecule has 2 aromatic carbocycles. The summed E-state index contributed by atoms with van der Waals surface area (Å²) in [7, 11) is -3.66. The lowest BCUT2D eigenvalue weighted by molar-refractivity contribution is 0.598. The molecule has 0 bridgehead atoms. The van der Waals surface area contributed by atoms with Crippen LogP contribution in [0.3, 0.4) is 0 Å². The lowest BCUT2D eigenvalue weighted by atomic mass is 10.1. The summed E-state index contributed by atoms with van der Waals surface area (Å²) in [5.74, 6) is 0. The Morgan fingerprint density at radius 3 is 2.19 bits per heavy atom. The first-order valence-electron chi connectivity index (χ1n) is 6.63. The summed E-state index contributed by atoms with van der Waals surface area (Å²) in [5.41, 5.74) is 8.67. The Morgan fingerprint density at radius 2 is 1.67 bits per heavy atom. The van der Waals surface area contributed by atoms with Crippen molar-refractivity contribution in [1.29, 1.82) is 0 Å². The maximum Gasteiger partial charge on any atom is 0.238 e. The van der Waals surface area contributed by atoms with Crippen molar-refractivity contribution in [3.8, 4) is 0 Å². The van der Waals surface area contributed by atoms with Crippen LogP contribution in [0, 0.1) is 0 Å². The third-order valence-electron chi connectivity index (χ3n) is 3.33. The summed E-state index contributed by atoms with van der Waals surface area (Å²) in [4.78, 5) is 2.22. The molecule has 4 N–H and O–H groups in total. The molecule has 0 amide bonds. The third kappa shape index (κ3) is 3.74. The number of primary sulfonamides is 1. The Balaban J connectivity index is 2.24. The molecule has 0 saturated heterocycles. The summed E-state index contributed by atoms with van der Waals surface area (Å²) in [6.45, 7) is 3.48. The minimum atomic E-state index is -3.66. The molecule has 0 aliphatic rings. The zero-order chi connectivity index (χ0) is 15.5. The molecule has 6 heteroatoms. The van der Waals surface area contributed by atoms with Gasteiger partial charge in [0, 0.05) is 24.5 Å². The fourth-order valence-corrected chi connectivity index (χ4v) is 2.63. The van der Waals surface area contributed by atoms with Crippen LogP contribution >= 0.6 is 0 Å². The van der Waals surface area contributed by atoms with Gasteiger partial charge < -0.3 is 10.6 Å². The second-order valence-corrected chi connectivity index (χ2v) is 6.31. The molecule has 0 heterocycles. The number of rotatable bonds is 5. The van der Waals surface area contributed by atoms with Gasteiger partial charge in [-0.15, -0.1) is 0 Å². The number of sulfonamides is 1. The number of benzene rings is 2. The first-order valence-corrected chi connectivity index (χ1v) is 8.17. The van der Waals surface area contributed by atoms with Crippen molar-refractivity contribution in [2.24, 2.45) is 5.14 Å². The SMILES string of the molecule is CCN(Cc1ccccc1N)c1ccc(S(N)(=O)=O)cc1. The molecule has 0 unspecified atom stereocenters. The van der Waals surface area contributed by atoms with E-state index < -0.39 is 10.0 Å². The van der Waals surface area contributed by atoms with E-state index in [4.69, 9.17) is 10.9 Å². The summed E-state index contributed by atoms with van der Waals surface area (Å²) >= 11 is 0. The topological polar surface area (TPSA) is 89.4 Å². The molecule has 0 aliphatic heterocycles. The molecule has 0 aliphatic carbocycles. The van der Waals surface area contributed by atoms with Crippen LogP contribution < -0.4 is 15.8 Å². The highest BCUT2D eigenvalue weighted by Gasteiger charge is 2.10. The van der Waals surface area contributed by atoms with Gasteiger partial charge in [-0.05, 0) is 42.8 Å². The van der Waals surface area contributed by atoms with Gasteiger partial charge in [-0.25, -0.2) is 13.6 Å². The number of nitrogens with two attached hydrogens (primary N) is 2. The van der Waals surface area contributed by atoms with Gasteiger partial charge in [-0.3, -0.25) is 0 Å². The van der Waals surface area contributed by atoms with E-state index in [2.05, 4.69) is 4.90 Å². The Hall–Kier alpha value is -2.05. The summed E-state index contributed by atoms with van der Waals surface area (Å²) in [6, 6.07) is 14.2. The van der Waals surface area contributed by atoms with Crippen molar-refractivity contribution in [3.05, 3.63) is 54.1 Å². The molecule has 21 heavy (non-hydrogen) atoms. The van der Waals surface area contributed by atoms with E-state index >= 15 is 0 Å². The van der Waals surface area contributed by atoms with E-state index in [1.54, 1.807) is 12.1 Å². The predicted molar refractivity (Wildman–Crippen MR) is 85.4 cm³/mol. The second-order valence-electron chi connectivity index (χ2n) is 4.75. The zero-order valence-corrected chi connectivity index (χ0v) is 12.7. The highest BCUT2D eigenvalue weighted by atomic mass is 32.2. The standard InChI is InChI=1S/C15H19N3O2S/c1-2-18(11-12-5-3-4-6-15(12)16)13-7-9-14(10-8-13)21(17,19)20/h3-10H,2,11,16H2,1H3,(H2,17,19,20). The quantitative estimate of drug-likeness (QED) is 0.826. The first-order chi connectivity index (χ1) is 9.91. The van der Waals surface area contributed by atoms with Crippen molar-refractivity contribution >= 4 is 21.4 Å². The predicted octanol–water partition coefficient (Wildman–Crippen LogP) is 1.94. The van der Waals surface area contributed by atoms with E-state index in [1.807, 2.05) is 31.2 Å². The smallest absolute Gasteiger partial charge is 0.238 e. The van der Waals surface area contributed by atoms with Crippen molar-refractivity contribution in [2.75, 3.05) is 17.2 Å². The van der Waals surface area contributed by atoms with Crippen LogP contribution in [-0.2, 0) is 16.6 Å². The number of nitrogens with zero attached hydrogens (tertiary/aromatic N) is 1. The van der Waals surface area contributed by atoms with E-state index in [1.165, 1.54) is 12.1 Å². The van der Waals surface area contributed by atoms with Gasteiger partial charge in [0.05, 0.1) is 4.90 Å². The fraction of sp³-hybridized carbons (Fsp3) is 0.200. The molecule has 2 rings (SSSR count). The zero-order valence-electron chi connectivity index (χ0n) is 11.9. The van der Waals surface area contributed by atoms with E-state index in [0.717, 1.165) is 23.5 Å². The Labute approximate surface area is 125 Å². The first kappa shape index (κ1) is 15.3. The molecule has 2 aromatic rings. The molecule has 112 valence electrons. The van der Waals surface area contributed by atoms with Gasteiger partial charge in [0.15, 0.2) is 0 Å². The molecular formula is C15H19N3O2S. The van der Waals surface area contributed by atoms with Gasteiger partial charge in [-0.2, -0.15) is 0 Å². The normalized spacial score (nSPS) is 11.3. The van der Waals surface area contributed by atoms with Crippen LogP contribution in [-0.4, -0.2) is 15.0 Å². The Bertz CT molecular complexity index is 712. The monoisotopic (exact) mass is 305 g/mol. The molecule has 0 fully saturated rings. The fourth-order valence-electron chi connectivity index (χ4n) is 2.12. The van der Waals surface area contributed by atoms with Crippen molar-refractivity contribution in [1.82, 2.24) is 0 Å². The molecule has 0 atom stereocenters. The maximum atomic E-state index is 11.3. The van der Waals surface area contributed by atoms with Crippen LogP contribution in [0.4, 0.5) is 11.4 Å². The lowest BCUT2D eigenvalue weighted by Gasteiger charge is -2.24. The molecule has 5 nitrogen and oxygen atoms in total. The highest BCUT2D eigenvalue weighted by Crippen LogP contribution is 2.21. The van der Waals surface area contributed by atoms with Gasteiger partial charge in [-0.1, -0.05) is 18.2 Å². The molecule has 0 spiro atoms. The minimum Gasteiger partial charge on any atom is -0.398 e. The second kappa shape index (κ2) is 6.15.